The second kappa shape index (κ2) is 11.0. The van der Waals surface area contributed by atoms with Gasteiger partial charge in [-0.1, -0.05) is 54.6 Å². The van der Waals surface area contributed by atoms with Crippen LogP contribution >= 0.6 is 12.2 Å². The molecule has 36 heavy (non-hydrogen) atoms. The van der Waals surface area contributed by atoms with Gasteiger partial charge in [-0.05, 0) is 59.6 Å². The van der Waals surface area contributed by atoms with E-state index in [2.05, 4.69) is 44.8 Å². The van der Waals surface area contributed by atoms with Crippen molar-refractivity contribution in [2.75, 3.05) is 23.9 Å². The predicted molar refractivity (Wildman–Crippen MR) is 146 cm³/mol. The highest BCUT2D eigenvalue weighted by Crippen LogP contribution is 2.28. The summed E-state index contributed by atoms with van der Waals surface area (Å²) in [5.74, 6) is 3.13. The zero-order valence-corrected chi connectivity index (χ0v) is 20.8. The zero-order valence-electron chi connectivity index (χ0n) is 20.0. The van der Waals surface area contributed by atoms with Crippen molar-refractivity contribution < 1.29 is 9.47 Å². The van der Waals surface area contributed by atoms with Crippen molar-refractivity contribution in [3.05, 3.63) is 102 Å². The molecule has 1 aliphatic heterocycles. The van der Waals surface area contributed by atoms with Crippen molar-refractivity contribution in [1.82, 2.24) is 15.3 Å². The van der Waals surface area contributed by atoms with Gasteiger partial charge in [0, 0.05) is 25.7 Å². The molecule has 0 saturated heterocycles. The van der Waals surface area contributed by atoms with E-state index in [1.54, 1.807) is 7.11 Å². The van der Waals surface area contributed by atoms with Crippen molar-refractivity contribution >= 4 is 29.1 Å². The van der Waals surface area contributed by atoms with Crippen LogP contribution in [0.2, 0.25) is 0 Å². The Balaban J connectivity index is 1.33. The van der Waals surface area contributed by atoms with E-state index in [-0.39, 0.29) is 0 Å². The number of anilines is 2. The molecule has 1 aliphatic rings. The third-order valence-electron chi connectivity index (χ3n) is 5.95. The minimum Gasteiger partial charge on any atom is -0.497 e. The molecule has 1 aromatic heterocycles. The van der Waals surface area contributed by atoms with Gasteiger partial charge in [-0.25, -0.2) is 0 Å². The number of hydrogen-bond acceptors (Lipinski definition) is 6. The molecular formula is C28H27N5O2S. The minimum atomic E-state index is 0.379. The summed E-state index contributed by atoms with van der Waals surface area (Å²) in [5, 5.41) is 6.77. The molecule has 0 amide bonds. The lowest BCUT2D eigenvalue weighted by atomic mass is 10.00. The van der Waals surface area contributed by atoms with Crippen LogP contribution < -0.4 is 25.0 Å². The molecule has 0 unspecified atom stereocenters. The molecule has 4 aromatic rings. The van der Waals surface area contributed by atoms with Gasteiger partial charge in [0.05, 0.1) is 7.11 Å². The molecule has 2 N–H and O–H groups in total. The molecule has 0 aliphatic carbocycles. The van der Waals surface area contributed by atoms with E-state index >= 15 is 0 Å². The first-order valence-corrected chi connectivity index (χ1v) is 12.2. The van der Waals surface area contributed by atoms with E-state index in [0.717, 1.165) is 36.6 Å². The van der Waals surface area contributed by atoms with Crippen LogP contribution in [0.5, 0.6) is 17.4 Å². The Morgan fingerprint density at radius 2 is 1.67 bits per heavy atom. The van der Waals surface area contributed by atoms with Crippen molar-refractivity contribution in [2.24, 2.45) is 0 Å². The summed E-state index contributed by atoms with van der Waals surface area (Å²) < 4.78 is 11.3. The van der Waals surface area contributed by atoms with Gasteiger partial charge in [-0.3, -0.25) is 0 Å². The van der Waals surface area contributed by atoms with Crippen LogP contribution in [0.15, 0.2) is 84.9 Å². The van der Waals surface area contributed by atoms with E-state index in [0.29, 0.717) is 29.2 Å². The Labute approximate surface area is 216 Å². The van der Waals surface area contributed by atoms with E-state index in [9.17, 15) is 0 Å². The predicted octanol–water partition coefficient (Wildman–Crippen LogP) is 5.33. The third kappa shape index (κ3) is 5.90. The first-order chi connectivity index (χ1) is 17.7. The molecule has 182 valence electrons. The Morgan fingerprint density at radius 1 is 0.917 bits per heavy atom. The largest absolute Gasteiger partial charge is 0.497 e. The Kier molecular flexibility index (Phi) is 7.23. The Bertz CT molecular complexity index is 1330. The van der Waals surface area contributed by atoms with Gasteiger partial charge in [0.25, 0.3) is 0 Å². The summed E-state index contributed by atoms with van der Waals surface area (Å²) in [5.41, 5.74) is 3.76. The Morgan fingerprint density at radius 3 is 2.44 bits per heavy atom. The Hall–Kier alpha value is -4.17. The van der Waals surface area contributed by atoms with E-state index in [1.807, 2.05) is 60.7 Å². The highest BCUT2D eigenvalue weighted by atomic mass is 32.1. The van der Waals surface area contributed by atoms with Crippen LogP contribution in [0.4, 0.5) is 11.8 Å². The smallest absolute Gasteiger partial charge is 0.234 e. The zero-order chi connectivity index (χ0) is 24.7. The fourth-order valence-electron chi connectivity index (χ4n) is 4.06. The SMILES string of the molecule is COc1ccc(CNC(=S)Nc2nc(Oc3ccccc3)cc(N3CCc4ccccc4C3)n2)cc1. The molecule has 0 atom stereocenters. The molecule has 3 aromatic carbocycles. The number of nitrogens with one attached hydrogen (secondary N) is 2. The number of rotatable bonds is 7. The number of methoxy groups -OCH3 is 1. The maximum absolute atomic E-state index is 6.06. The first kappa shape index (κ1) is 23.6. The lowest BCUT2D eigenvalue weighted by molar-refractivity contribution is 0.414. The van der Waals surface area contributed by atoms with E-state index < -0.39 is 0 Å². The number of nitrogens with zero attached hydrogens (tertiary/aromatic N) is 3. The van der Waals surface area contributed by atoms with Gasteiger partial charge in [-0.15, -0.1) is 0 Å². The molecule has 0 spiro atoms. The first-order valence-electron chi connectivity index (χ1n) is 11.8. The van der Waals surface area contributed by atoms with E-state index in [1.165, 1.54) is 11.1 Å². The maximum atomic E-state index is 6.06. The number of aromatic nitrogens is 2. The molecule has 2 heterocycles. The summed E-state index contributed by atoms with van der Waals surface area (Å²) in [4.78, 5) is 11.6. The lowest BCUT2D eigenvalue weighted by Crippen LogP contribution is -2.32. The van der Waals surface area contributed by atoms with Gasteiger partial charge < -0.3 is 25.0 Å². The quantitative estimate of drug-likeness (QED) is 0.332. The molecule has 7 nitrogen and oxygen atoms in total. The van der Waals surface area contributed by atoms with Gasteiger partial charge in [-0.2, -0.15) is 9.97 Å². The highest BCUT2D eigenvalue weighted by Gasteiger charge is 2.19. The topological polar surface area (TPSA) is 71.5 Å². The van der Waals surface area contributed by atoms with Gasteiger partial charge in [0.2, 0.25) is 11.8 Å². The number of ether oxygens (including phenoxy) is 2. The summed E-state index contributed by atoms with van der Waals surface area (Å²) in [6.07, 6.45) is 0.958. The number of fused-ring (bicyclic) bond motifs is 1. The number of thiocarbonyl (C=S) groups is 1. The fraction of sp³-hybridized carbons (Fsp3) is 0.179. The van der Waals surface area contributed by atoms with Gasteiger partial charge >= 0.3 is 0 Å². The lowest BCUT2D eigenvalue weighted by Gasteiger charge is -2.30. The van der Waals surface area contributed by atoms with Crippen LogP contribution in [0.1, 0.15) is 16.7 Å². The monoisotopic (exact) mass is 497 g/mol. The van der Waals surface area contributed by atoms with Crippen LogP contribution in [0, 0.1) is 0 Å². The third-order valence-corrected chi connectivity index (χ3v) is 6.19. The van der Waals surface area contributed by atoms with Crippen LogP contribution in [0.3, 0.4) is 0 Å². The standard InChI is InChI=1S/C28H27N5O2S/c1-34-23-13-11-20(12-14-23)18-29-28(36)32-27-30-25(17-26(31-27)35-24-9-3-2-4-10-24)33-16-15-21-7-5-6-8-22(21)19-33/h2-14,17H,15-16,18-19H2,1H3,(H2,29,30,31,32,36). The van der Waals surface area contributed by atoms with E-state index in [4.69, 9.17) is 26.7 Å². The van der Waals surface area contributed by atoms with Crippen LogP contribution in [-0.2, 0) is 19.5 Å². The molecule has 0 saturated carbocycles. The molecule has 0 bridgehead atoms. The summed E-state index contributed by atoms with van der Waals surface area (Å²) in [6.45, 7) is 2.20. The minimum absolute atomic E-state index is 0.379. The summed E-state index contributed by atoms with van der Waals surface area (Å²) in [6, 6.07) is 27.8. The summed E-state index contributed by atoms with van der Waals surface area (Å²) in [7, 11) is 1.65. The molecule has 8 heteroatoms. The molecular weight excluding hydrogens is 470 g/mol. The van der Waals surface area contributed by atoms with Crippen molar-refractivity contribution in [3.8, 4) is 17.4 Å². The summed E-state index contributed by atoms with van der Waals surface area (Å²) >= 11 is 5.53. The second-order valence-electron chi connectivity index (χ2n) is 8.40. The maximum Gasteiger partial charge on any atom is 0.234 e. The van der Waals surface area contributed by atoms with Crippen molar-refractivity contribution in [3.63, 3.8) is 0 Å². The number of para-hydroxylation sites is 1. The molecule has 5 rings (SSSR count). The van der Waals surface area contributed by atoms with Crippen LogP contribution in [-0.4, -0.2) is 28.7 Å². The second-order valence-corrected chi connectivity index (χ2v) is 8.81. The van der Waals surface area contributed by atoms with Gasteiger partial charge in [0.1, 0.15) is 17.3 Å². The van der Waals surface area contributed by atoms with Crippen LogP contribution in [0.25, 0.3) is 0 Å². The molecule has 0 fully saturated rings. The average molecular weight is 498 g/mol. The molecule has 0 radical (unpaired) electrons. The van der Waals surface area contributed by atoms with Gasteiger partial charge in [0.15, 0.2) is 5.11 Å². The van der Waals surface area contributed by atoms with Crippen molar-refractivity contribution in [2.45, 2.75) is 19.5 Å². The number of hydrogen-bond donors (Lipinski definition) is 2. The highest BCUT2D eigenvalue weighted by molar-refractivity contribution is 7.80. The van der Waals surface area contributed by atoms with Crippen molar-refractivity contribution in [1.29, 1.82) is 0 Å². The normalized spacial score (nSPS) is 12.4. The fourth-order valence-corrected chi connectivity index (χ4v) is 4.22. The average Bonchev–Trinajstić information content (AvgIpc) is 2.92. The number of benzene rings is 3.